The third-order valence-electron chi connectivity index (χ3n) is 2.68. The van der Waals surface area contributed by atoms with Gasteiger partial charge in [0, 0.05) is 16.5 Å². The Balaban J connectivity index is -0.000000218. The molecule has 5 heteroatoms. The van der Waals surface area contributed by atoms with Crippen molar-refractivity contribution in [2.45, 2.75) is 54.0 Å². The van der Waals surface area contributed by atoms with E-state index in [1.807, 2.05) is 37.5 Å². The second kappa shape index (κ2) is 14.4. The van der Waals surface area contributed by atoms with Gasteiger partial charge in [0.1, 0.15) is 12.5 Å². The number of nitrogens with zero attached hydrogens (tertiary/aromatic N) is 2. The van der Waals surface area contributed by atoms with E-state index in [-0.39, 0.29) is 28.9 Å². The summed E-state index contributed by atoms with van der Waals surface area (Å²) >= 11 is 0. The topological polar surface area (TPSA) is 46.9 Å². The van der Waals surface area contributed by atoms with Gasteiger partial charge in [-0.1, -0.05) is 27.7 Å². The zero-order valence-corrected chi connectivity index (χ0v) is 13.1. The standard InChI is InChI=1S/2C6H15NO.Ni/c2*1-4-7(5-2)6(3)8;/h2*6,8H,4-5H2,1-3H3;. The van der Waals surface area contributed by atoms with E-state index in [1.54, 1.807) is 13.8 Å². The summed E-state index contributed by atoms with van der Waals surface area (Å²) in [6.45, 7) is 15.4. The van der Waals surface area contributed by atoms with Crippen LogP contribution in [0, 0.1) is 0 Å². The predicted molar refractivity (Wildman–Crippen MR) is 69.2 cm³/mol. The van der Waals surface area contributed by atoms with Gasteiger partial charge in [0.25, 0.3) is 0 Å². The van der Waals surface area contributed by atoms with Crippen molar-refractivity contribution in [1.82, 2.24) is 9.80 Å². The van der Waals surface area contributed by atoms with E-state index in [0.717, 1.165) is 26.2 Å². The van der Waals surface area contributed by atoms with Crippen LogP contribution < -0.4 is 0 Å². The van der Waals surface area contributed by atoms with Crippen LogP contribution in [-0.4, -0.2) is 58.6 Å². The third-order valence-corrected chi connectivity index (χ3v) is 2.68. The molecule has 17 heavy (non-hydrogen) atoms. The summed E-state index contributed by atoms with van der Waals surface area (Å²) in [5.74, 6) is 0. The molecule has 2 atom stereocenters. The first kappa shape index (κ1) is 22.5. The molecule has 0 saturated heterocycles. The van der Waals surface area contributed by atoms with Gasteiger partial charge >= 0.3 is 0 Å². The molecular formula is C12H30N2NiO2. The number of rotatable bonds is 6. The summed E-state index contributed by atoms with van der Waals surface area (Å²) in [6.07, 6.45) is -0.574. The molecule has 0 aromatic heterocycles. The second-order valence-electron chi connectivity index (χ2n) is 3.71. The van der Waals surface area contributed by atoms with Gasteiger partial charge in [-0.25, -0.2) is 0 Å². The summed E-state index contributed by atoms with van der Waals surface area (Å²) in [6, 6.07) is 0. The molecule has 0 rings (SSSR count). The van der Waals surface area contributed by atoms with E-state index in [4.69, 9.17) is 10.2 Å². The van der Waals surface area contributed by atoms with Gasteiger partial charge in [-0.15, -0.1) is 0 Å². The molecule has 4 nitrogen and oxygen atoms in total. The van der Waals surface area contributed by atoms with Gasteiger partial charge in [-0.2, -0.15) is 0 Å². The largest absolute Gasteiger partial charge is 0.379 e. The quantitative estimate of drug-likeness (QED) is 0.573. The average molecular weight is 293 g/mol. The van der Waals surface area contributed by atoms with Gasteiger partial charge < -0.3 is 10.2 Å². The Bertz CT molecular complexity index is 122. The van der Waals surface area contributed by atoms with Crippen molar-refractivity contribution < 1.29 is 26.7 Å². The van der Waals surface area contributed by atoms with Crippen molar-refractivity contribution in [2.75, 3.05) is 26.2 Å². The zero-order chi connectivity index (χ0) is 13.1. The maximum Gasteiger partial charge on any atom is 0.104 e. The first-order chi connectivity index (χ1) is 7.44. The Kier molecular flexibility index (Phi) is 19.1. The van der Waals surface area contributed by atoms with Crippen LogP contribution in [0.3, 0.4) is 0 Å². The molecule has 110 valence electrons. The van der Waals surface area contributed by atoms with E-state index < -0.39 is 0 Å². The molecule has 0 bridgehead atoms. The minimum Gasteiger partial charge on any atom is -0.379 e. The van der Waals surface area contributed by atoms with Crippen LogP contribution in [0.15, 0.2) is 0 Å². The normalized spacial score (nSPS) is 13.8. The fraction of sp³-hybridized carbons (Fsp3) is 1.00. The SMILES string of the molecule is CCN(CC)C(C)O.CCN(CC)C(C)O.[Ni]. The molecule has 0 aliphatic heterocycles. The van der Waals surface area contributed by atoms with Crippen molar-refractivity contribution in [1.29, 1.82) is 0 Å². The van der Waals surface area contributed by atoms with Gasteiger partial charge in [0.2, 0.25) is 0 Å². The average Bonchev–Trinajstić information content (AvgIpc) is 2.21. The molecule has 2 unspecified atom stereocenters. The molecule has 0 aromatic rings. The number of aliphatic hydroxyl groups excluding tert-OH is 2. The molecule has 0 saturated carbocycles. The molecular weight excluding hydrogens is 263 g/mol. The van der Waals surface area contributed by atoms with Crippen LogP contribution in [0.2, 0.25) is 0 Å². The van der Waals surface area contributed by atoms with E-state index >= 15 is 0 Å². The van der Waals surface area contributed by atoms with Crippen LogP contribution in [0.25, 0.3) is 0 Å². The minimum absolute atomic E-state index is 0. The van der Waals surface area contributed by atoms with Gasteiger partial charge in [-0.3, -0.25) is 9.80 Å². The molecule has 0 radical (unpaired) electrons. The Morgan fingerprint density at radius 1 is 0.706 bits per heavy atom. The number of aliphatic hydroxyl groups is 2. The van der Waals surface area contributed by atoms with Crippen molar-refractivity contribution in [3.8, 4) is 0 Å². The monoisotopic (exact) mass is 292 g/mol. The summed E-state index contributed by atoms with van der Waals surface area (Å²) in [4.78, 5) is 3.94. The number of hydrogen-bond donors (Lipinski definition) is 2. The van der Waals surface area contributed by atoms with Gasteiger partial charge in [-0.05, 0) is 40.0 Å². The minimum atomic E-state index is -0.287. The summed E-state index contributed by atoms with van der Waals surface area (Å²) < 4.78 is 0. The predicted octanol–water partition coefficient (Wildman–Crippen LogP) is 1.33. The fourth-order valence-corrected chi connectivity index (χ4v) is 1.50. The van der Waals surface area contributed by atoms with Crippen LogP contribution >= 0.6 is 0 Å². The molecule has 2 N–H and O–H groups in total. The Labute approximate surface area is 117 Å². The molecule has 0 heterocycles. The van der Waals surface area contributed by atoms with Crippen molar-refractivity contribution >= 4 is 0 Å². The van der Waals surface area contributed by atoms with Crippen molar-refractivity contribution in [2.24, 2.45) is 0 Å². The second-order valence-corrected chi connectivity index (χ2v) is 3.71. The van der Waals surface area contributed by atoms with Gasteiger partial charge in [0.15, 0.2) is 0 Å². The smallest absolute Gasteiger partial charge is 0.104 e. The first-order valence-corrected chi connectivity index (χ1v) is 6.28. The third kappa shape index (κ3) is 12.6. The fourth-order valence-electron chi connectivity index (χ4n) is 1.50. The molecule has 0 aliphatic rings. The molecule has 0 spiro atoms. The van der Waals surface area contributed by atoms with Crippen LogP contribution in [-0.2, 0) is 16.5 Å². The summed E-state index contributed by atoms with van der Waals surface area (Å²) in [5, 5.41) is 17.9. The van der Waals surface area contributed by atoms with Gasteiger partial charge in [0.05, 0.1) is 0 Å². The molecule has 0 fully saturated rings. The zero-order valence-electron chi connectivity index (χ0n) is 12.1. The van der Waals surface area contributed by atoms with E-state index in [9.17, 15) is 0 Å². The Morgan fingerprint density at radius 3 is 0.882 bits per heavy atom. The molecule has 0 aromatic carbocycles. The van der Waals surface area contributed by atoms with E-state index in [1.165, 1.54) is 0 Å². The Morgan fingerprint density at radius 2 is 0.882 bits per heavy atom. The molecule has 0 aliphatic carbocycles. The van der Waals surface area contributed by atoms with Crippen LogP contribution in [0.5, 0.6) is 0 Å². The number of hydrogen-bond acceptors (Lipinski definition) is 4. The Hall–Kier alpha value is 0.334. The van der Waals surface area contributed by atoms with Crippen LogP contribution in [0.4, 0.5) is 0 Å². The molecule has 0 amide bonds. The van der Waals surface area contributed by atoms with E-state index in [2.05, 4.69) is 0 Å². The summed E-state index contributed by atoms with van der Waals surface area (Å²) in [7, 11) is 0. The van der Waals surface area contributed by atoms with Crippen LogP contribution in [0.1, 0.15) is 41.5 Å². The maximum atomic E-state index is 8.94. The summed E-state index contributed by atoms with van der Waals surface area (Å²) in [5.41, 5.74) is 0. The van der Waals surface area contributed by atoms with Crippen molar-refractivity contribution in [3.63, 3.8) is 0 Å². The van der Waals surface area contributed by atoms with Crippen molar-refractivity contribution in [3.05, 3.63) is 0 Å². The maximum absolute atomic E-state index is 8.94. The van der Waals surface area contributed by atoms with E-state index in [0.29, 0.717) is 0 Å². The first-order valence-electron chi connectivity index (χ1n) is 6.28.